The molecule has 4 N–H and O–H groups in total. The number of rotatable bonds is 11. The average molecular weight is 701 g/mol. The third-order valence-electron chi connectivity index (χ3n) is 9.55. The maximum Gasteiger partial charge on any atom is 0.220 e. The number of benzene rings is 3. The van der Waals surface area contributed by atoms with Crippen molar-refractivity contribution in [2.45, 2.75) is 56.8 Å². The van der Waals surface area contributed by atoms with Gasteiger partial charge in [0.2, 0.25) is 17.7 Å². The van der Waals surface area contributed by atoms with Crippen molar-refractivity contribution in [1.82, 2.24) is 26.3 Å². The van der Waals surface area contributed by atoms with Crippen LogP contribution in [-0.2, 0) is 16.1 Å². The highest BCUT2D eigenvalue weighted by Gasteiger charge is 2.26. The van der Waals surface area contributed by atoms with E-state index in [1.54, 1.807) is 7.11 Å². The number of halogens is 2. The molecule has 3 aliphatic heterocycles. The molecule has 7 rings (SSSR count). The quantitative estimate of drug-likeness (QED) is 0.142. The van der Waals surface area contributed by atoms with Gasteiger partial charge in [-0.25, -0.2) is 4.98 Å². The van der Waals surface area contributed by atoms with Crippen LogP contribution >= 0.6 is 23.2 Å². The molecule has 0 aliphatic carbocycles. The standard InChI is InChI=1S/C38H39Cl2N5O4/c1-48-38-23(19-41-20-24-10-14-34(46)43-24)9-13-32(45-38)30-7-3-6-28(37(30)40)27-5-2-4-26(36(27)39)22-8-12-29-31(16-17-49-33(29)18-22)42-21-25-11-15-35(47)44-25/h2-9,12-13,18,24-25,31,41-42H,10-11,14-17,19-21H2,1H3,(H,43,46)(H,44,47)/t24-,25?,31?/m0/s1. The number of nitrogens with zero attached hydrogens (tertiary/aromatic N) is 1. The predicted molar refractivity (Wildman–Crippen MR) is 192 cm³/mol. The summed E-state index contributed by atoms with van der Waals surface area (Å²) < 4.78 is 11.8. The number of hydrogen-bond acceptors (Lipinski definition) is 7. The van der Waals surface area contributed by atoms with E-state index in [-0.39, 0.29) is 29.9 Å². The van der Waals surface area contributed by atoms with Crippen LogP contribution in [0.5, 0.6) is 11.6 Å². The van der Waals surface area contributed by atoms with Crippen molar-refractivity contribution in [2.75, 3.05) is 26.8 Å². The van der Waals surface area contributed by atoms with Crippen molar-refractivity contribution < 1.29 is 19.1 Å². The Morgan fingerprint density at radius 1 is 0.837 bits per heavy atom. The molecule has 11 heteroatoms. The Bertz CT molecular complexity index is 1890. The van der Waals surface area contributed by atoms with Crippen LogP contribution in [0.15, 0.2) is 66.7 Å². The molecule has 2 fully saturated rings. The lowest BCUT2D eigenvalue weighted by molar-refractivity contribution is -0.120. The number of methoxy groups -OCH3 is 1. The highest BCUT2D eigenvalue weighted by Crippen LogP contribution is 2.44. The molecule has 4 aromatic rings. The molecule has 0 radical (unpaired) electrons. The zero-order valence-electron chi connectivity index (χ0n) is 27.3. The average Bonchev–Trinajstić information content (AvgIpc) is 3.74. The number of amides is 2. The van der Waals surface area contributed by atoms with E-state index in [1.807, 2.05) is 48.5 Å². The van der Waals surface area contributed by atoms with E-state index in [0.29, 0.717) is 54.2 Å². The lowest BCUT2D eigenvalue weighted by Gasteiger charge is -2.28. The molecule has 0 bridgehead atoms. The van der Waals surface area contributed by atoms with E-state index in [4.69, 9.17) is 37.7 Å². The van der Waals surface area contributed by atoms with Gasteiger partial charge >= 0.3 is 0 Å². The predicted octanol–water partition coefficient (Wildman–Crippen LogP) is 6.46. The van der Waals surface area contributed by atoms with E-state index in [0.717, 1.165) is 70.5 Å². The maximum atomic E-state index is 11.6. The minimum atomic E-state index is 0.103. The number of carbonyl (C=O) groups excluding carboxylic acids is 2. The fraction of sp³-hybridized carbons (Fsp3) is 0.342. The van der Waals surface area contributed by atoms with Gasteiger partial charge in [-0.1, -0.05) is 77.8 Å². The zero-order valence-corrected chi connectivity index (χ0v) is 28.8. The first-order valence-electron chi connectivity index (χ1n) is 16.8. The number of fused-ring (bicyclic) bond motifs is 1. The first kappa shape index (κ1) is 33.4. The molecule has 2 unspecified atom stereocenters. The first-order valence-corrected chi connectivity index (χ1v) is 17.5. The van der Waals surface area contributed by atoms with Crippen LogP contribution in [0, 0.1) is 0 Å². The Hall–Kier alpha value is -4.15. The van der Waals surface area contributed by atoms with Crippen LogP contribution in [0.2, 0.25) is 10.0 Å². The summed E-state index contributed by atoms with van der Waals surface area (Å²) in [6.45, 7) is 2.59. The lowest BCUT2D eigenvalue weighted by atomic mass is 9.94. The van der Waals surface area contributed by atoms with E-state index < -0.39 is 0 Å². The Kier molecular flexibility index (Phi) is 10.0. The molecule has 3 atom stereocenters. The highest BCUT2D eigenvalue weighted by molar-refractivity contribution is 6.39. The van der Waals surface area contributed by atoms with Crippen LogP contribution in [-0.4, -0.2) is 55.7 Å². The molecule has 2 saturated heterocycles. The van der Waals surface area contributed by atoms with Gasteiger partial charge < -0.3 is 30.7 Å². The van der Waals surface area contributed by atoms with Gasteiger partial charge in [0, 0.05) is 90.4 Å². The highest BCUT2D eigenvalue weighted by atomic mass is 35.5. The van der Waals surface area contributed by atoms with Gasteiger partial charge in [0.15, 0.2) is 0 Å². The number of aromatic nitrogens is 1. The molecule has 9 nitrogen and oxygen atoms in total. The first-order chi connectivity index (χ1) is 23.9. The molecule has 0 spiro atoms. The molecule has 1 aromatic heterocycles. The molecule has 4 heterocycles. The largest absolute Gasteiger partial charge is 0.493 e. The lowest BCUT2D eigenvalue weighted by Crippen LogP contribution is -2.38. The summed E-state index contributed by atoms with van der Waals surface area (Å²) in [5, 5.41) is 14.2. The van der Waals surface area contributed by atoms with Gasteiger partial charge in [-0.05, 0) is 30.5 Å². The van der Waals surface area contributed by atoms with Gasteiger partial charge in [-0.2, -0.15) is 0 Å². The van der Waals surface area contributed by atoms with Crippen LogP contribution in [0.4, 0.5) is 0 Å². The van der Waals surface area contributed by atoms with Gasteiger partial charge in [0.25, 0.3) is 0 Å². The van der Waals surface area contributed by atoms with E-state index >= 15 is 0 Å². The van der Waals surface area contributed by atoms with E-state index in [1.165, 1.54) is 0 Å². The van der Waals surface area contributed by atoms with Gasteiger partial charge in [-0.3, -0.25) is 9.59 Å². The zero-order chi connectivity index (χ0) is 33.9. The van der Waals surface area contributed by atoms with Gasteiger partial charge in [0.1, 0.15) is 5.75 Å². The number of pyridine rings is 1. The summed E-state index contributed by atoms with van der Waals surface area (Å²) in [5.74, 6) is 1.58. The maximum absolute atomic E-state index is 11.6. The fourth-order valence-electron chi connectivity index (χ4n) is 6.93. The van der Waals surface area contributed by atoms with Crippen LogP contribution in [0.1, 0.15) is 49.3 Å². The monoisotopic (exact) mass is 699 g/mol. The van der Waals surface area contributed by atoms with Crippen LogP contribution in [0.25, 0.3) is 33.5 Å². The number of carbonyl (C=O) groups is 2. The number of nitrogens with one attached hydrogen (secondary N) is 4. The molecule has 2 amide bonds. The minimum absolute atomic E-state index is 0.103. The fourth-order valence-corrected chi connectivity index (χ4v) is 7.59. The molecule has 3 aromatic carbocycles. The molecule has 254 valence electrons. The van der Waals surface area contributed by atoms with Crippen LogP contribution in [0.3, 0.4) is 0 Å². The summed E-state index contributed by atoms with van der Waals surface area (Å²) in [6, 6.07) is 22.5. The molecule has 49 heavy (non-hydrogen) atoms. The summed E-state index contributed by atoms with van der Waals surface area (Å²) in [4.78, 5) is 27.9. The number of ether oxygens (including phenoxy) is 2. The molecule has 0 saturated carbocycles. The molecular formula is C38H39Cl2N5O4. The summed E-state index contributed by atoms with van der Waals surface area (Å²) >= 11 is 14.3. The summed E-state index contributed by atoms with van der Waals surface area (Å²) in [5.41, 5.74) is 6.92. The van der Waals surface area contributed by atoms with Crippen molar-refractivity contribution in [3.8, 4) is 45.1 Å². The van der Waals surface area contributed by atoms with Crippen LogP contribution < -0.4 is 30.7 Å². The topological polar surface area (TPSA) is 114 Å². The Morgan fingerprint density at radius 3 is 2.20 bits per heavy atom. The van der Waals surface area contributed by atoms with Crippen molar-refractivity contribution >= 4 is 35.0 Å². The van der Waals surface area contributed by atoms with Crippen molar-refractivity contribution in [2.24, 2.45) is 0 Å². The second kappa shape index (κ2) is 14.8. The Labute approximate surface area is 296 Å². The summed E-state index contributed by atoms with van der Waals surface area (Å²) in [7, 11) is 1.61. The van der Waals surface area contributed by atoms with Gasteiger partial charge in [-0.15, -0.1) is 0 Å². The smallest absolute Gasteiger partial charge is 0.220 e. The second-order valence-electron chi connectivity index (χ2n) is 12.8. The third-order valence-corrected chi connectivity index (χ3v) is 10.4. The Balaban J connectivity index is 1.10. The molecule has 3 aliphatic rings. The third kappa shape index (κ3) is 7.26. The second-order valence-corrected chi connectivity index (χ2v) is 13.5. The van der Waals surface area contributed by atoms with E-state index in [2.05, 4.69) is 39.5 Å². The van der Waals surface area contributed by atoms with Gasteiger partial charge in [0.05, 0.1) is 29.5 Å². The Morgan fingerprint density at radius 2 is 1.51 bits per heavy atom. The van der Waals surface area contributed by atoms with Crippen molar-refractivity contribution in [1.29, 1.82) is 0 Å². The summed E-state index contributed by atoms with van der Waals surface area (Å²) in [6.07, 6.45) is 3.73. The van der Waals surface area contributed by atoms with E-state index in [9.17, 15) is 9.59 Å². The SMILES string of the molecule is COc1nc(-c2cccc(-c3cccc(-c4ccc5c(c4)OCCC5NCC4CCC(=O)N4)c3Cl)c2Cl)ccc1CNC[C@@H]1CCC(=O)N1. The van der Waals surface area contributed by atoms with Crippen molar-refractivity contribution in [3.63, 3.8) is 0 Å². The normalized spacial score (nSPS) is 20.0. The van der Waals surface area contributed by atoms with Crippen molar-refractivity contribution in [3.05, 3.63) is 87.9 Å². The minimum Gasteiger partial charge on any atom is -0.493 e. The number of hydrogen-bond donors (Lipinski definition) is 4. The molecular weight excluding hydrogens is 661 g/mol.